The average molecular weight is 210 g/mol. The first-order valence-corrected chi connectivity index (χ1v) is 4.69. The highest BCUT2D eigenvalue weighted by molar-refractivity contribution is 5.92. The minimum absolute atomic E-state index is 0.323. The van der Waals surface area contributed by atoms with E-state index in [-0.39, 0.29) is 5.82 Å². The van der Waals surface area contributed by atoms with Crippen LogP contribution in [-0.4, -0.2) is 16.5 Å². The van der Waals surface area contributed by atoms with Gasteiger partial charge in [0, 0.05) is 0 Å². The molecule has 0 unspecified atom stereocenters. The number of halogens is 1. The van der Waals surface area contributed by atoms with Gasteiger partial charge in [0.25, 0.3) is 0 Å². The van der Waals surface area contributed by atoms with Crippen LogP contribution >= 0.6 is 0 Å². The lowest BCUT2D eigenvalue weighted by molar-refractivity contribution is 0.314. The van der Waals surface area contributed by atoms with Crippen LogP contribution in [0.1, 0.15) is 20.8 Å². The Morgan fingerprint density at radius 1 is 1.40 bits per heavy atom. The van der Waals surface area contributed by atoms with E-state index in [2.05, 4.69) is 10.5 Å². The second-order valence-electron chi connectivity index (χ2n) is 3.92. The fourth-order valence-corrected chi connectivity index (χ4v) is 1.11. The first-order valence-electron chi connectivity index (χ1n) is 4.69. The summed E-state index contributed by atoms with van der Waals surface area (Å²) in [7, 11) is 0. The third kappa shape index (κ3) is 2.68. The number of nitrogens with zero attached hydrogens (tertiary/aromatic N) is 1. The number of oxime groups is 1. The SMILES string of the molecule is C/C(=N\O)C(C)(C)Nc1ccccc1F. The Morgan fingerprint density at radius 2 is 2.00 bits per heavy atom. The van der Waals surface area contributed by atoms with Gasteiger partial charge in [-0.25, -0.2) is 4.39 Å². The highest BCUT2D eigenvalue weighted by atomic mass is 19.1. The molecule has 0 fully saturated rings. The molecule has 0 amide bonds. The summed E-state index contributed by atoms with van der Waals surface area (Å²) in [6.07, 6.45) is 0. The van der Waals surface area contributed by atoms with Gasteiger partial charge in [-0.05, 0) is 32.9 Å². The van der Waals surface area contributed by atoms with Gasteiger partial charge in [-0.15, -0.1) is 0 Å². The molecule has 1 rings (SSSR count). The van der Waals surface area contributed by atoms with Crippen molar-refractivity contribution >= 4 is 11.4 Å². The minimum atomic E-state index is -0.586. The van der Waals surface area contributed by atoms with Gasteiger partial charge in [-0.2, -0.15) is 0 Å². The van der Waals surface area contributed by atoms with Gasteiger partial charge in [0.15, 0.2) is 0 Å². The highest BCUT2D eigenvalue weighted by Gasteiger charge is 2.22. The van der Waals surface area contributed by atoms with Crippen molar-refractivity contribution in [1.82, 2.24) is 0 Å². The first kappa shape index (κ1) is 11.5. The summed E-state index contributed by atoms with van der Waals surface area (Å²) in [4.78, 5) is 0. The maximum absolute atomic E-state index is 13.3. The summed E-state index contributed by atoms with van der Waals surface area (Å²) in [5.74, 6) is -0.323. The summed E-state index contributed by atoms with van der Waals surface area (Å²) in [5, 5.41) is 14.8. The van der Waals surface area contributed by atoms with E-state index in [0.717, 1.165) is 0 Å². The Morgan fingerprint density at radius 3 is 2.53 bits per heavy atom. The summed E-state index contributed by atoms with van der Waals surface area (Å²) in [5.41, 5.74) is 0.299. The molecule has 0 spiro atoms. The molecule has 0 aliphatic heterocycles. The fraction of sp³-hybridized carbons (Fsp3) is 0.364. The molecule has 0 aliphatic rings. The topological polar surface area (TPSA) is 44.6 Å². The van der Waals surface area contributed by atoms with Crippen LogP contribution in [0.3, 0.4) is 0 Å². The average Bonchev–Trinajstić information content (AvgIpc) is 2.20. The molecule has 2 N–H and O–H groups in total. The number of hydrogen-bond acceptors (Lipinski definition) is 3. The van der Waals surface area contributed by atoms with Gasteiger partial charge < -0.3 is 10.5 Å². The summed E-state index contributed by atoms with van der Waals surface area (Å²) in [6.45, 7) is 5.30. The Kier molecular flexibility index (Phi) is 3.29. The molecule has 0 bridgehead atoms. The van der Waals surface area contributed by atoms with Gasteiger partial charge >= 0.3 is 0 Å². The number of hydrogen-bond donors (Lipinski definition) is 2. The van der Waals surface area contributed by atoms with Gasteiger partial charge in [-0.1, -0.05) is 17.3 Å². The molecule has 0 radical (unpaired) electrons. The minimum Gasteiger partial charge on any atom is -0.411 e. The van der Waals surface area contributed by atoms with Crippen LogP contribution in [0.2, 0.25) is 0 Å². The number of para-hydroxylation sites is 1. The van der Waals surface area contributed by atoms with E-state index < -0.39 is 5.54 Å². The maximum atomic E-state index is 13.3. The quantitative estimate of drug-likeness (QED) is 0.457. The van der Waals surface area contributed by atoms with Crippen molar-refractivity contribution in [1.29, 1.82) is 0 Å². The number of anilines is 1. The third-order valence-electron chi connectivity index (χ3n) is 2.38. The van der Waals surface area contributed by atoms with Gasteiger partial charge in [0.05, 0.1) is 16.9 Å². The molecule has 0 atom stereocenters. The van der Waals surface area contributed by atoms with Crippen LogP contribution < -0.4 is 5.32 Å². The van der Waals surface area contributed by atoms with Crippen LogP contribution in [0.15, 0.2) is 29.4 Å². The standard InChI is InChI=1S/C11H15FN2O/c1-8(14-15)11(2,3)13-10-7-5-4-6-9(10)12/h4-7,13,15H,1-3H3/b14-8+. The van der Waals surface area contributed by atoms with E-state index in [4.69, 9.17) is 5.21 Å². The van der Waals surface area contributed by atoms with E-state index in [1.54, 1.807) is 25.1 Å². The van der Waals surface area contributed by atoms with Crippen molar-refractivity contribution in [2.75, 3.05) is 5.32 Å². The Bertz CT molecular complexity index is 375. The first-order chi connectivity index (χ1) is 6.97. The van der Waals surface area contributed by atoms with Crippen molar-refractivity contribution in [3.8, 4) is 0 Å². The Hall–Kier alpha value is -1.58. The molecule has 1 aromatic carbocycles. The molecule has 0 aromatic heterocycles. The molecule has 0 saturated carbocycles. The van der Waals surface area contributed by atoms with E-state index >= 15 is 0 Å². The third-order valence-corrected chi connectivity index (χ3v) is 2.38. The zero-order chi connectivity index (χ0) is 11.5. The smallest absolute Gasteiger partial charge is 0.146 e. The van der Waals surface area contributed by atoms with Crippen LogP contribution in [0.4, 0.5) is 10.1 Å². The second kappa shape index (κ2) is 4.29. The lowest BCUT2D eigenvalue weighted by Gasteiger charge is -2.26. The lowest BCUT2D eigenvalue weighted by Crippen LogP contribution is -2.38. The summed E-state index contributed by atoms with van der Waals surface area (Å²) in [6, 6.07) is 6.39. The molecule has 0 heterocycles. The molecule has 1 aromatic rings. The summed E-state index contributed by atoms with van der Waals surface area (Å²) >= 11 is 0. The van der Waals surface area contributed by atoms with E-state index in [0.29, 0.717) is 11.4 Å². The zero-order valence-corrected chi connectivity index (χ0v) is 9.08. The van der Waals surface area contributed by atoms with Crippen LogP contribution in [0.25, 0.3) is 0 Å². The monoisotopic (exact) mass is 210 g/mol. The fourth-order valence-electron chi connectivity index (χ4n) is 1.11. The molecule has 0 saturated heterocycles. The summed E-state index contributed by atoms with van der Waals surface area (Å²) < 4.78 is 13.3. The van der Waals surface area contributed by atoms with Crippen LogP contribution in [0, 0.1) is 5.82 Å². The molecule has 0 aliphatic carbocycles. The normalized spacial score (nSPS) is 12.7. The largest absolute Gasteiger partial charge is 0.411 e. The van der Waals surface area contributed by atoms with Crippen LogP contribution in [0.5, 0.6) is 0 Å². The number of nitrogens with one attached hydrogen (secondary N) is 1. The number of benzene rings is 1. The molecule has 15 heavy (non-hydrogen) atoms. The van der Waals surface area contributed by atoms with Crippen molar-refractivity contribution in [2.24, 2.45) is 5.16 Å². The van der Waals surface area contributed by atoms with Crippen molar-refractivity contribution in [2.45, 2.75) is 26.3 Å². The van der Waals surface area contributed by atoms with E-state index in [1.807, 2.05) is 13.8 Å². The van der Waals surface area contributed by atoms with Gasteiger partial charge in [-0.3, -0.25) is 0 Å². The molecule has 3 nitrogen and oxygen atoms in total. The molecule has 4 heteroatoms. The van der Waals surface area contributed by atoms with E-state index in [1.165, 1.54) is 6.07 Å². The zero-order valence-electron chi connectivity index (χ0n) is 9.08. The second-order valence-corrected chi connectivity index (χ2v) is 3.92. The van der Waals surface area contributed by atoms with Gasteiger partial charge in [0.1, 0.15) is 5.82 Å². The van der Waals surface area contributed by atoms with E-state index in [9.17, 15) is 4.39 Å². The molecular weight excluding hydrogens is 195 g/mol. The molecular formula is C11H15FN2O. The Balaban J connectivity index is 2.91. The number of rotatable bonds is 3. The van der Waals surface area contributed by atoms with Crippen molar-refractivity contribution < 1.29 is 9.60 Å². The lowest BCUT2D eigenvalue weighted by atomic mass is 9.99. The van der Waals surface area contributed by atoms with Crippen molar-refractivity contribution in [3.63, 3.8) is 0 Å². The predicted molar refractivity (Wildman–Crippen MR) is 59.0 cm³/mol. The van der Waals surface area contributed by atoms with Crippen LogP contribution in [-0.2, 0) is 0 Å². The van der Waals surface area contributed by atoms with Crippen molar-refractivity contribution in [3.05, 3.63) is 30.1 Å². The maximum Gasteiger partial charge on any atom is 0.146 e. The molecule has 82 valence electrons. The highest BCUT2D eigenvalue weighted by Crippen LogP contribution is 2.19. The predicted octanol–water partition coefficient (Wildman–Crippen LogP) is 2.87. The van der Waals surface area contributed by atoms with Gasteiger partial charge in [0.2, 0.25) is 0 Å². The Labute approximate surface area is 88.6 Å².